The van der Waals surface area contributed by atoms with Crippen LogP contribution in [-0.4, -0.2) is 16.6 Å². The minimum absolute atomic E-state index is 0.136. The number of carbonyl (C=O) groups excluding carboxylic acids is 2. The maximum absolute atomic E-state index is 11.8. The van der Waals surface area contributed by atoms with E-state index in [0.717, 1.165) is 6.42 Å². The van der Waals surface area contributed by atoms with Gasteiger partial charge in [-0.3, -0.25) is 14.4 Å². The molecule has 0 atom stereocenters. The molecule has 0 saturated carbocycles. The lowest BCUT2D eigenvalue weighted by Crippen LogP contribution is -2.25. The summed E-state index contributed by atoms with van der Waals surface area (Å²) in [5, 5.41) is 0. The van der Waals surface area contributed by atoms with E-state index < -0.39 is 0 Å². The molecule has 0 bridgehead atoms. The van der Waals surface area contributed by atoms with Crippen molar-refractivity contribution in [2.75, 3.05) is 0 Å². The van der Waals surface area contributed by atoms with Crippen LogP contribution in [0.3, 0.4) is 0 Å². The average Bonchev–Trinajstić information content (AvgIpc) is 2.30. The van der Waals surface area contributed by atoms with Crippen LogP contribution in [0.5, 0.6) is 0 Å². The van der Waals surface area contributed by atoms with Crippen molar-refractivity contribution in [3.8, 4) is 0 Å². The molecule has 1 aromatic rings. The maximum Gasteiger partial charge on any atom is 0.251 e. The number of aromatic amines is 1. The summed E-state index contributed by atoms with van der Waals surface area (Å²) < 4.78 is 0. The highest BCUT2D eigenvalue weighted by atomic mass is 16.1. The summed E-state index contributed by atoms with van der Waals surface area (Å²) in [5.41, 5.74) is 1.45. The second-order valence-corrected chi connectivity index (χ2v) is 4.12. The topological polar surface area (TPSA) is 67.0 Å². The maximum atomic E-state index is 11.8. The summed E-state index contributed by atoms with van der Waals surface area (Å²) in [7, 11) is 0. The summed E-state index contributed by atoms with van der Waals surface area (Å²) in [6, 6.07) is 0. The van der Waals surface area contributed by atoms with E-state index >= 15 is 0 Å². The van der Waals surface area contributed by atoms with Crippen molar-refractivity contribution in [3.05, 3.63) is 44.9 Å². The number of hydrogen-bond donors (Lipinski definition) is 1. The van der Waals surface area contributed by atoms with Crippen molar-refractivity contribution >= 4 is 11.6 Å². The molecule has 0 aromatic carbocycles. The molecule has 0 amide bonds. The molecule has 0 spiro atoms. The van der Waals surface area contributed by atoms with Crippen molar-refractivity contribution in [1.29, 1.82) is 0 Å². The van der Waals surface area contributed by atoms with Gasteiger partial charge in [-0.05, 0) is 31.1 Å². The van der Waals surface area contributed by atoms with E-state index in [0.29, 0.717) is 23.1 Å². The zero-order valence-electron chi connectivity index (χ0n) is 9.79. The Balaban J connectivity index is 2.80. The average molecular weight is 231 g/mol. The Morgan fingerprint density at radius 1 is 1.12 bits per heavy atom. The van der Waals surface area contributed by atoms with E-state index in [2.05, 4.69) is 4.98 Å². The van der Waals surface area contributed by atoms with Crippen LogP contribution >= 0.6 is 0 Å². The number of hydrogen-bond acceptors (Lipinski definition) is 3. The lowest BCUT2D eigenvalue weighted by molar-refractivity contribution is 0.0989. The lowest BCUT2D eigenvalue weighted by Gasteiger charge is -2.15. The van der Waals surface area contributed by atoms with Gasteiger partial charge in [-0.15, -0.1) is 0 Å². The number of ketones is 2. The lowest BCUT2D eigenvalue weighted by atomic mass is 9.90. The van der Waals surface area contributed by atoms with Crippen LogP contribution in [0.2, 0.25) is 0 Å². The Hall–Kier alpha value is -1.97. The number of nitrogens with one attached hydrogen (secondary N) is 1. The largest absolute Gasteiger partial charge is 0.318 e. The first-order valence-corrected chi connectivity index (χ1v) is 5.58. The fourth-order valence-corrected chi connectivity index (χ4v) is 2.08. The summed E-state index contributed by atoms with van der Waals surface area (Å²) in [4.78, 5) is 37.7. The van der Waals surface area contributed by atoms with E-state index in [4.69, 9.17) is 0 Å². The van der Waals surface area contributed by atoms with Gasteiger partial charge in [-0.1, -0.05) is 13.3 Å². The van der Waals surface area contributed by atoms with Crippen molar-refractivity contribution < 1.29 is 9.59 Å². The fourth-order valence-electron chi connectivity index (χ4n) is 2.08. The predicted octanol–water partition coefficient (Wildman–Crippen LogP) is 1.57. The number of H-pyrrole nitrogens is 1. The molecule has 1 aliphatic carbocycles. The van der Waals surface area contributed by atoms with Gasteiger partial charge in [0.2, 0.25) is 5.78 Å². The highest BCUT2D eigenvalue weighted by Gasteiger charge is 2.25. The van der Waals surface area contributed by atoms with Gasteiger partial charge in [0.15, 0.2) is 5.78 Å². The highest BCUT2D eigenvalue weighted by molar-refractivity contribution is 6.21. The van der Waals surface area contributed by atoms with Crippen LogP contribution in [0.25, 0.3) is 0 Å². The van der Waals surface area contributed by atoms with Crippen LogP contribution in [0.4, 0.5) is 0 Å². The molecule has 2 rings (SSSR count). The smallest absolute Gasteiger partial charge is 0.251 e. The van der Waals surface area contributed by atoms with Gasteiger partial charge >= 0.3 is 0 Å². The molecular formula is C13H13NO3. The van der Waals surface area contributed by atoms with Crippen molar-refractivity contribution in [3.63, 3.8) is 0 Å². The third kappa shape index (κ3) is 1.75. The minimum Gasteiger partial charge on any atom is -0.318 e. The molecule has 0 unspecified atom stereocenters. The molecule has 0 saturated heterocycles. The standard InChI is InChI=1S/C13H13NO3/c1-3-4-8-7(2)13(17)14-12-10(16)6-5-9(15)11(8)12/h5-6H,3-4H2,1-2H3,(H,14,17). The molecule has 1 aliphatic rings. The van der Waals surface area contributed by atoms with Crippen LogP contribution in [-0.2, 0) is 6.42 Å². The Kier molecular flexibility index (Phi) is 2.79. The molecule has 1 heterocycles. The highest BCUT2D eigenvalue weighted by Crippen LogP contribution is 2.21. The van der Waals surface area contributed by atoms with Crippen molar-refractivity contribution in [2.45, 2.75) is 26.7 Å². The van der Waals surface area contributed by atoms with Crippen molar-refractivity contribution in [2.24, 2.45) is 0 Å². The SMILES string of the molecule is CCCc1c2c([nH]c(=O)c1C)C(=O)C=CC2=O. The number of allylic oxidation sites excluding steroid dienone is 2. The molecule has 17 heavy (non-hydrogen) atoms. The zero-order chi connectivity index (χ0) is 12.6. The Morgan fingerprint density at radius 3 is 2.41 bits per heavy atom. The number of rotatable bonds is 2. The summed E-state index contributed by atoms with van der Waals surface area (Å²) in [6.45, 7) is 3.65. The first-order valence-electron chi connectivity index (χ1n) is 5.58. The first kappa shape index (κ1) is 11.5. The quantitative estimate of drug-likeness (QED) is 0.840. The van der Waals surface area contributed by atoms with Crippen molar-refractivity contribution in [1.82, 2.24) is 4.98 Å². The van der Waals surface area contributed by atoms with Gasteiger partial charge in [0, 0.05) is 5.56 Å². The monoisotopic (exact) mass is 231 g/mol. The molecule has 4 nitrogen and oxygen atoms in total. The molecule has 0 radical (unpaired) electrons. The fraction of sp³-hybridized carbons (Fsp3) is 0.308. The normalized spacial score (nSPS) is 14.0. The number of aromatic nitrogens is 1. The third-order valence-electron chi connectivity index (χ3n) is 2.96. The Bertz CT molecular complexity index is 593. The Labute approximate surface area is 98.4 Å². The van der Waals surface area contributed by atoms with Crippen LogP contribution in [0, 0.1) is 6.92 Å². The van der Waals surface area contributed by atoms with E-state index in [-0.39, 0.29) is 22.8 Å². The molecular weight excluding hydrogens is 218 g/mol. The van der Waals surface area contributed by atoms with Gasteiger partial charge < -0.3 is 4.98 Å². The summed E-state index contributed by atoms with van der Waals surface area (Å²) in [6.07, 6.45) is 3.92. The van der Waals surface area contributed by atoms with E-state index in [1.807, 2.05) is 6.92 Å². The number of fused-ring (bicyclic) bond motifs is 1. The predicted molar refractivity (Wildman–Crippen MR) is 63.6 cm³/mol. The molecule has 4 heteroatoms. The summed E-state index contributed by atoms with van der Waals surface area (Å²) in [5.74, 6) is -0.517. The van der Waals surface area contributed by atoms with Crippen LogP contribution in [0.15, 0.2) is 16.9 Å². The van der Waals surface area contributed by atoms with E-state index in [9.17, 15) is 14.4 Å². The van der Waals surface area contributed by atoms with E-state index in [1.54, 1.807) is 6.92 Å². The first-order chi connectivity index (χ1) is 8.06. The van der Waals surface area contributed by atoms with Gasteiger partial charge in [0.05, 0.1) is 5.56 Å². The third-order valence-corrected chi connectivity index (χ3v) is 2.96. The molecule has 88 valence electrons. The second kappa shape index (κ2) is 4.13. The molecule has 0 aliphatic heterocycles. The second-order valence-electron chi connectivity index (χ2n) is 4.12. The number of pyridine rings is 1. The van der Waals surface area contributed by atoms with E-state index in [1.165, 1.54) is 12.2 Å². The van der Waals surface area contributed by atoms with Gasteiger partial charge in [-0.2, -0.15) is 0 Å². The van der Waals surface area contributed by atoms with Gasteiger partial charge in [-0.25, -0.2) is 0 Å². The minimum atomic E-state index is -0.311. The molecule has 0 fully saturated rings. The Morgan fingerprint density at radius 2 is 1.76 bits per heavy atom. The van der Waals surface area contributed by atoms with Gasteiger partial charge in [0.1, 0.15) is 5.69 Å². The van der Waals surface area contributed by atoms with Crippen LogP contribution < -0.4 is 5.56 Å². The summed E-state index contributed by atoms with van der Waals surface area (Å²) >= 11 is 0. The van der Waals surface area contributed by atoms with Gasteiger partial charge in [0.25, 0.3) is 5.56 Å². The van der Waals surface area contributed by atoms with Crippen LogP contribution in [0.1, 0.15) is 45.3 Å². The number of carbonyl (C=O) groups is 2. The molecule has 1 aromatic heterocycles. The zero-order valence-corrected chi connectivity index (χ0v) is 9.79. The molecule has 1 N–H and O–H groups in total.